The third kappa shape index (κ3) is 5.18. The number of ether oxygens (including phenoxy) is 1. The molecule has 1 amide bonds. The van der Waals surface area contributed by atoms with Gasteiger partial charge in [-0.15, -0.1) is 5.10 Å². The molecule has 2 aromatic carbocycles. The van der Waals surface area contributed by atoms with Crippen LogP contribution in [-0.4, -0.2) is 82.8 Å². The van der Waals surface area contributed by atoms with E-state index in [1.165, 1.54) is 16.1 Å². The number of rotatable bonds is 7. The van der Waals surface area contributed by atoms with Crippen molar-refractivity contribution in [2.75, 3.05) is 39.0 Å². The van der Waals surface area contributed by atoms with Crippen LogP contribution in [0, 0.1) is 6.92 Å². The number of aryl methyl sites for hydroxylation is 1. The van der Waals surface area contributed by atoms with Gasteiger partial charge in [-0.05, 0) is 53.7 Å². The Kier molecular flexibility index (Phi) is 6.96. The second-order valence-corrected chi connectivity index (χ2v) is 10.3. The maximum Gasteiger partial charge on any atom is 0.243 e. The number of hydrogen-bond acceptors (Lipinski definition) is 8. The number of nitrogens with zero attached hydrogens (tertiary/aromatic N) is 6. The second-order valence-electron chi connectivity index (χ2n) is 7.46. The summed E-state index contributed by atoms with van der Waals surface area (Å²) in [7, 11) is -1.97. The van der Waals surface area contributed by atoms with E-state index < -0.39 is 10.0 Å². The van der Waals surface area contributed by atoms with Crippen LogP contribution in [0.2, 0.25) is 0 Å². The largest absolute Gasteiger partial charge is 0.497 e. The molecule has 2 heterocycles. The Bertz CT molecular complexity index is 1200. The minimum absolute atomic E-state index is 0.0864. The summed E-state index contributed by atoms with van der Waals surface area (Å²) >= 11 is 1.24. The van der Waals surface area contributed by atoms with Gasteiger partial charge in [-0.25, -0.2) is 8.42 Å². The van der Waals surface area contributed by atoms with Gasteiger partial charge >= 0.3 is 0 Å². The number of hydrogen-bond donors (Lipinski definition) is 0. The molecular weight excluding hydrogens is 464 g/mol. The molecule has 0 aliphatic carbocycles. The third-order valence-electron chi connectivity index (χ3n) is 5.33. The van der Waals surface area contributed by atoms with E-state index in [1.807, 2.05) is 19.1 Å². The van der Waals surface area contributed by atoms with Gasteiger partial charge in [0.25, 0.3) is 0 Å². The van der Waals surface area contributed by atoms with Crippen LogP contribution in [0.25, 0.3) is 5.69 Å². The van der Waals surface area contributed by atoms with Gasteiger partial charge < -0.3 is 9.64 Å². The lowest BCUT2D eigenvalue weighted by atomic mass is 10.2. The molecular formula is C21H24N6O4S2. The van der Waals surface area contributed by atoms with Gasteiger partial charge in [0.1, 0.15) is 5.75 Å². The third-order valence-corrected chi connectivity index (χ3v) is 8.15. The molecule has 12 heteroatoms. The highest BCUT2D eigenvalue weighted by Gasteiger charge is 2.30. The number of aromatic nitrogens is 4. The first-order valence-corrected chi connectivity index (χ1v) is 12.7. The molecule has 10 nitrogen and oxygen atoms in total. The lowest BCUT2D eigenvalue weighted by molar-refractivity contribution is -0.129. The summed E-state index contributed by atoms with van der Waals surface area (Å²) in [5.74, 6) is 0.790. The molecule has 1 fully saturated rings. The molecule has 174 valence electrons. The van der Waals surface area contributed by atoms with Crippen LogP contribution in [0.15, 0.2) is 58.6 Å². The highest BCUT2D eigenvalue weighted by atomic mass is 32.2. The summed E-state index contributed by atoms with van der Waals surface area (Å²) in [6.45, 7) is 3.11. The molecule has 4 rings (SSSR count). The number of benzene rings is 2. The lowest BCUT2D eigenvalue weighted by Gasteiger charge is -2.34. The summed E-state index contributed by atoms with van der Waals surface area (Å²) in [4.78, 5) is 14.7. The van der Waals surface area contributed by atoms with Gasteiger partial charge in [-0.2, -0.15) is 8.99 Å². The minimum atomic E-state index is -3.57. The molecule has 1 aromatic heterocycles. The van der Waals surface area contributed by atoms with Gasteiger partial charge in [-0.3, -0.25) is 4.79 Å². The zero-order chi connectivity index (χ0) is 23.4. The molecule has 1 aliphatic heterocycles. The highest BCUT2D eigenvalue weighted by molar-refractivity contribution is 7.99. The van der Waals surface area contributed by atoms with Gasteiger partial charge in [0, 0.05) is 26.2 Å². The number of methoxy groups -OCH3 is 1. The maximum atomic E-state index is 12.9. The number of carbonyl (C=O) groups is 1. The Labute approximate surface area is 196 Å². The monoisotopic (exact) mass is 488 g/mol. The minimum Gasteiger partial charge on any atom is -0.497 e. The molecule has 0 spiro atoms. The average Bonchev–Trinajstić information content (AvgIpc) is 3.31. The normalized spacial score (nSPS) is 14.9. The van der Waals surface area contributed by atoms with Crippen molar-refractivity contribution in [3.05, 3.63) is 54.1 Å². The predicted octanol–water partition coefficient (Wildman–Crippen LogP) is 1.60. The van der Waals surface area contributed by atoms with Crippen LogP contribution in [0.3, 0.4) is 0 Å². The van der Waals surface area contributed by atoms with Crippen molar-refractivity contribution in [1.82, 2.24) is 29.4 Å². The van der Waals surface area contributed by atoms with Crippen LogP contribution in [-0.2, 0) is 14.8 Å². The van der Waals surface area contributed by atoms with Crippen molar-refractivity contribution in [1.29, 1.82) is 0 Å². The van der Waals surface area contributed by atoms with Crippen molar-refractivity contribution in [2.24, 2.45) is 0 Å². The van der Waals surface area contributed by atoms with E-state index in [4.69, 9.17) is 4.74 Å². The van der Waals surface area contributed by atoms with E-state index in [-0.39, 0.29) is 29.6 Å². The first-order valence-electron chi connectivity index (χ1n) is 10.3. The van der Waals surface area contributed by atoms with Crippen molar-refractivity contribution in [2.45, 2.75) is 17.0 Å². The Morgan fingerprint density at radius 2 is 1.70 bits per heavy atom. The topological polar surface area (TPSA) is 111 Å². The standard InChI is InChI=1S/C21H24N6O4S2/c1-16-3-9-19(10-4-16)33(29,30)26-13-11-25(12-14-26)20(28)15-32-21-22-23-24-27(21)17-5-7-18(31-2)8-6-17/h3-10H,11-15H2,1-2H3. The van der Waals surface area contributed by atoms with E-state index in [9.17, 15) is 13.2 Å². The SMILES string of the molecule is COc1ccc(-n2nnnc2SCC(=O)N2CCN(S(=O)(=O)c3ccc(C)cc3)CC2)cc1. The number of thioether (sulfide) groups is 1. The van der Waals surface area contributed by atoms with E-state index in [2.05, 4.69) is 15.5 Å². The molecule has 1 saturated heterocycles. The molecule has 0 saturated carbocycles. The Hall–Kier alpha value is -2.96. The quantitative estimate of drug-likeness (QED) is 0.461. The second kappa shape index (κ2) is 9.89. The number of amides is 1. The number of piperazine rings is 1. The molecule has 0 radical (unpaired) electrons. The Balaban J connectivity index is 1.33. The zero-order valence-electron chi connectivity index (χ0n) is 18.3. The first kappa shape index (κ1) is 23.2. The zero-order valence-corrected chi connectivity index (χ0v) is 19.9. The van der Waals surface area contributed by atoms with Gasteiger partial charge in [0.15, 0.2) is 0 Å². The van der Waals surface area contributed by atoms with Crippen LogP contribution >= 0.6 is 11.8 Å². The van der Waals surface area contributed by atoms with E-state index in [0.717, 1.165) is 17.0 Å². The summed E-state index contributed by atoms with van der Waals surface area (Å²) in [5, 5.41) is 12.2. The van der Waals surface area contributed by atoms with Gasteiger partial charge in [-0.1, -0.05) is 29.5 Å². The molecule has 1 aliphatic rings. The Morgan fingerprint density at radius 3 is 2.33 bits per heavy atom. The number of sulfonamides is 1. The predicted molar refractivity (Wildman–Crippen MR) is 123 cm³/mol. The fourth-order valence-corrected chi connectivity index (χ4v) is 5.62. The lowest BCUT2D eigenvalue weighted by Crippen LogP contribution is -2.50. The molecule has 3 aromatic rings. The van der Waals surface area contributed by atoms with Crippen molar-refractivity contribution < 1.29 is 17.9 Å². The first-order chi connectivity index (χ1) is 15.9. The maximum absolute atomic E-state index is 12.9. The smallest absolute Gasteiger partial charge is 0.243 e. The summed E-state index contributed by atoms with van der Waals surface area (Å²) in [5.41, 5.74) is 1.76. The van der Waals surface area contributed by atoms with Crippen molar-refractivity contribution in [3.63, 3.8) is 0 Å². The van der Waals surface area contributed by atoms with E-state index in [1.54, 1.807) is 53.1 Å². The van der Waals surface area contributed by atoms with Gasteiger partial charge in [0.05, 0.1) is 23.4 Å². The number of carbonyl (C=O) groups excluding carboxylic acids is 1. The fourth-order valence-electron chi connectivity index (χ4n) is 3.41. The van der Waals surface area contributed by atoms with Crippen LogP contribution in [0.1, 0.15) is 5.56 Å². The van der Waals surface area contributed by atoms with Crippen LogP contribution in [0.4, 0.5) is 0 Å². The summed E-state index contributed by atoms with van der Waals surface area (Å²) in [6, 6.07) is 14.1. The molecule has 33 heavy (non-hydrogen) atoms. The highest BCUT2D eigenvalue weighted by Crippen LogP contribution is 2.22. The van der Waals surface area contributed by atoms with E-state index >= 15 is 0 Å². The van der Waals surface area contributed by atoms with Gasteiger partial charge in [0.2, 0.25) is 21.1 Å². The van der Waals surface area contributed by atoms with Crippen LogP contribution < -0.4 is 4.74 Å². The fraction of sp³-hybridized carbons (Fsp3) is 0.333. The average molecular weight is 489 g/mol. The molecule has 0 N–H and O–H groups in total. The van der Waals surface area contributed by atoms with Crippen LogP contribution in [0.5, 0.6) is 5.75 Å². The molecule has 0 bridgehead atoms. The van der Waals surface area contributed by atoms with Crippen molar-refractivity contribution >= 4 is 27.7 Å². The van der Waals surface area contributed by atoms with Crippen molar-refractivity contribution in [3.8, 4) is 11.4 Å². The van der Waals surface area contributed by atoms with E-state index in [0.29, 0.717) is 18.2 Å². The molecule has 0 unspecified atom stereocenters. The Morgan fingerprint density at radius 1 is 1.03 bits per heavy atom. The summed E-state index contributed by atoms with van der Waals surface area (Å²) < 4.78 is 33.9. The summed E-state index contributed by atoms with van der Waals surface area (Å²) in [6.07, 6.45) is 0. The molecule has 0 atom stereocenters. The number of tetrazole rings is 1.